The molecule has 0 aromatic heterocycles. The van der Waals surface area contributed by atoms with E-state index in [9.17, 15) is 0 Å². The first-order valence-corrected chi connectivity index (χ1v) is 5.27. The van der Waals surface area contributed by atoms with E-state index in [1.807, 2.05) is 6.92 Å². The van der Waals surface area contributed by atoms with E-state index in [1.54, 1.807) is 18.2 Å². The summed E-state index contributed by atoms with van der Waals surface area (Å²) < 4.78 is 5.47. The quantitative estimate of drug-likeness (QED) is 0.883. The van der Waals surface area contributed by atoms with Gasteiger partial charge in [0.05, 0.1) is 11.6 Å². The first-order chi connectivity index (χ1) is 7.19. The number of benzene rings is 1. The highest BCUT2D eigenvalue weighted by Crippen LogP contribution is 2.28. The minimum absolute atomic E-state index is 0.0977. The lowest BCUT2D eigenvalue weighted by Crippen LogP contribution is -2.01. The molecule has 0 saturated carbocycles. The molecule has 4 heteroatoms. The van der Waals surface area contributed by atoms with Crippen LogP contribution in [0.15, 0.2) is 29.3 Å². The average molecular weight is 247 g/mol. The normalized spacial score (nSPS) is 11.6. The molecule has 1 aromatic carbocycles. The van der Waals surface area contributed by atoms with Crippen LogP contribution in [0.1, 0.15) is 12.5 Å². The summed E-state index contributed by atoms with van der Waals surface area (Å²) in [4.78, 5) is 0. The van der Waals surface area contributed by atoms with Crippen molar-refractivity contribution in [1.82, 2.24) is 0 Å². The van der Waals surface area contributed by atoms with Crippen molar-refractivity contribution in [3.05, 3.63) is 39.9 Å². The number of aliphatic hydroxyl groups excluding tert-OH is 1. The van der Waals surface area contributed by atoms with Gasteiger partial charge in [-0.25, -0.2) is 0 Å². The van der Waals surface area contributed by atoms with Crippen LogP contribution in [0.2, 0.25) is 5.02 Å². The van der Waals surface area contributed by atoms with Crippen molar-refractivity contribution in [3.63, 3.8) is 0 Å². The zero-order valence-electron chi connectivity index (χ0n) is 8.34. The summed E-state index contributed by atoms with van der Waals surface area (Å²) in [5, 5.41) is 9.58. The van der Waals surface area contributed by atoms with E-state index < -0.39 is 0 Å². The van der Waals surface area contributed by atoms with Gasteiger partial charge in [-0.15, -0.1) is 0 Å². The second-order valence-corrected chi connectivity index (χ2v) is 3.76. The number of hydrogen-bond acceptors (Lipinski definition) is 2. The Labute approximate surface area is 99.1 Å². The van der Waals surface area contributed by atoms with Gasteiger partial charge >= 0.3 is 0 Å². The number of para-hydroxylation sites is 1. The number of ether oxygens (including phenoxy) is 1. The Morgan fingerprint density at radius 2 is 2.27 bits per heavy atom. The summed E-state index contributed by atoms with van der Waals surface area (Å²) in [5.74, 6) is 0.513. The Kier molecular flexibility index (Phi) is 4.95. The third-order valence-electron chi connectivity index (χ3n) is 1.85. The van der Waals surface area contributed by atoms with Gasteiger partial charge in [-0.1, -0.05) is 35.3 Å². The zero-order chi connectivity index (χ0) is 11.3. The summed E-state index contributed by atoms with van der Waals surface area (Å²) in [6.07, 6.45) is 0. The van der Waals surface area contributed by atoms with Crippen molar-refractivity contribution in [2.75, 3.05) is 6.61 Å². The Bertz CT molecular complexity index is 362. The van der Waals surface area contributed by atoms with Gasteiger partial charge in [0.25, 0.3) is 0 Å². The second kappa shape index (κ2) is 6.01. The molecule has 0 fully saturated rings. The standard InChI is InChI=1S/C11H12Cl2O2/c1-8(5-12)7-15-11-9(6-14)3-2-4-10(11)13/h2-5,14H,6-7H2,1H3/b8-5-. The van der Waals surface area contributed by atoms with E-state index in [1.165, 1.54) is 5.54 Å². The lowest BCUT2D eigenvalue weighted by atomic mass is 10.2. The van der Waals surface area contributed by atoms with Gasteiger partial charge in [-0.2, -0.15) is 0 Å². The van der Waals surface area contributed by atoms with E-state index in [4.69, 9.17) is 33.0 Å². The Hall–Kier alpha value is -0.700. The summed E-state index contributed by atoms with van der Waals surface area (Å²) in [6.45, 7) is 2.11. The monoisotopic (exact) mass is 246 g/mol. The average Bonchev–Trinajstić information content (AvgIpc) is 2.26. The molecular weight excluding hydrogens is 235 g/mol. The predicted octanol–water partition coefficient (Wildman–Crippen LogP) is 3.35. The van der Waals surface area contributed by atoms with Crippen LogP contribution in [0.3, 0.4) is 0 Å². The SMILES string of the molecule is C/C(=C/Cl)COc1c(Cl)cccc1CO. The molecule has 0 heterocycles. The molecule has 0 atom stereocenters. The van der Waals surface area contributed by atoms with E-state index in [0.29, 0.717) is 22.9 Å². The van der Waals surface area contributed by atoms with Crippen molar-refractivity contribution in [1.29, 1.82) is 0 Å². The maximum Gasteiger partial charge on any atom is 0.143 e. The van der Waals surface area contributed by atoms with Crippen LogP contribution in [-0.4, -0.2) is 11.7 Å². The maximum atomic E-state index is 9.09. The number of hydrogen-bond donors (Lipinski definition) is 1. The topological polar surface area (TPSA) is 29.5 Å². The molecule has 15 heavy (non-hydrogen) atoms. The van der Waals surface area contributed by atoms with Gasteiger partial charge in [-0.3, -0.25) is 0 Å². The first-order valence-electron chi connectivity index (χ1n) is 4.46. The van der Waals surface area contributed by atoms with E-state index in [-0.39, 0.29) is 6.61 Å². The van der Waals surface area contributed by atoms with Crippen molar-refractivity contribution < 1.29 is 9.84 Å². The highest BCUT2D eigenvalue weighted by molar-refractivity contribution is 6.32. The Balaban J connectivity index is 2.83. The largest absolute Gasteiger partial charge is 0.487 e. The van der Waals surface area contributed by atoms with Crippen LogP contribution in [0.5, 0.6) is 5.75 Å². The molecule has 1 N–H and O–H groups in total. The van der Waals surface area contributed by atoms with Crippen LogP contribution in [0.25, 0.3) is 0 Å². The highest BCUT2D eigenvalue weighted by Gasteiger charge is 2.07. The molecule has 0 spiro atoms. The van der Waals surface area contributed by atoms with Gasteiger partial charge in [0.2, 0.25) is 0 Å². The molecule has 1 rings (SSSR count). The number of halogens is 2. The molecule has 0 aliphatic rings. The summed E-state index contributed by atoms with van der Waals surface area (Å²) in [6, 6.07) is 5.25. The van der Waals surface area contributed by atoms with Crippen LogP contribution < -0.4 is 4.74 Å². The molecule has 0 bridgehead atoms. The summed E-state index contributed by atoms with van der Waals surface area (Å²) in [7, 11) is 0. The molecule has 82 valence electrons. The van der Waals surface area contributed by atoms with Crippen molar-refractivity contribution in [3.8, 4) is 5.75 Å². The van der Waals surface area contributed by atoms with Crippen LogP contribution >= 0.6 is 23.2 Å². The molecule has 0 radical (unpaired) electrons. The molecule has 1 aromatic rings. The number of aliphatic hydroxyl groups is 1. The van der Waals surface area contributed by atoms with E-state index in [2.05, 4.69) is 0 Å². The predicted molar refractivity (Wildman–Crippen MR) is 62.5 cm³/mol. The first kappa shape index (κ1) is 12.4. The fourth-order valence-corrected chi connectivity index (χ4v) is 1.37. The minimum Gasteiger partial charge on any atom is -0.487 e. The molecule has 0 aliphatic heterocycles. The molecule has 2 nitrogen and oxygen atoms in total. The molecule has 0 aliphatic carbocycles. The lowest BCUT2D eigenvalue weighted by molar-refractivity contribution is 0.269. The second-order valence-electron chi connectivity index (χ2n) is 3.13. The van der Waals surface area contributed by atoms with Gasteiger partial charge < -0.3 is 9.84 Å². The van der Waals surface area contributed by atoms with Crippen LogP contribution in [-0.2, 0) is 6.61 Å². The number of rotatable bonds is 4. The summed E-state index contributed by atoms with van der Waals surface area (Å²) in [5.41, 5.74) is 3.01. The Morgan fingerprint density at radius 1 is 1.53 bits per heavy atom. The minimum atomic E-state index is -0.0977. The molecule has 0 amide bonds. The molecular formula is C11H12Cl2O2. The van der Waals surface area contributed by atoms with E-state index >= 15 is 0 Å². The van der Waals surface area contributed by atoms with Crippen LogP contribution in [0, 0.1) is 0 Å². The van der Waals surface area contributed by atoms with Gasteiger partial charge in [0.15, 0.2) is 0 Å². The third-order valence-corrected chi connectivity index (χ3v) is 2.52. The van der Waals surface area contributed by atoms with E-state index in [0.717, 1.165) is 5.57 Å². The maximum absolute atomic E-state index is 9.09. The smallest absolute Gasteiger partial charge is 0.143 e. The fourth-order valence-electron chi connectivity index (χ4n) is 1.06. The highest BCUT2D eigenvalue weighted by atomic mass is 35.5. The fraction of sp³-hybridized carbons (Fsp3) is 0.273. The lowest BCUT2D eigenvalue weighted by Gasteiger charge is -2.11. The van der Waals surface area contributed by atoms with Crippen molar-refractivity contribution in [2.45, 2.75) is 13.5 Å². The Morgan fingerprint density at radius 3 is 2.87 bits per heavy atom. The van der Waals surface area contributed by atoms with Gasteiger partial charge in [0.1, 0.15) is 12.4 Å². The van der Waals surface area contributed by atoms with Gasteiger partial charge in [0, 0.05) is 11.1 Å². The van der Waals surface area contributed by atoms with Crippen LogP contribution in [0.4, 0.5) is 0 Å². The molecule has 0 unspecified atom stereocenters. The van der Waals surface area contributed by atoms with Gasteiger partial charge in [-0.05, 0) is 18.6 Å². The zero-order valence-corrected chi connectivity index (χ0v) is 9.85. The third kappa shape index (κ3) is 3.42. The van der Waals surface area contributed by atoms with Crippen molar-refractivity contribution in [2.24, 2.45) is 0 Å². The molecule has 0 saturated heterocycles. The van der Waals surface area contributed by atoms with Crippen molar-refractivity contribution >= 4 is 23.2 Å². The summed E-state index contributed by atoms with van der Waals surface area (Å²) >= 11 is 11.5.